The summed E-state index contributed by atoms with van der Waals surface area (Å²) in [6.07, 6.45) is 7.41. The monoisotopic (exact) mass is 492 g/mol. The van der Waals surface area contributed by atoms with E-state index in [1.54, 1.807) is 26.0 Å². The van der Waals surface area contributed by atoms with E-state index in [1.807, 2.05) is 66.6 Å². The summed E-state index contributed by atoms with van der Waals surface area (Å²) in [6.45, 7) is 3.74. The average Bonchev–Trinajstić information content (AvgIpc) is 2.88. The van der Waals surface area contributed by atoms with Gasteiger partial charge in [-0.3, -0.25) is 14.1 Å². The first kappa shape index (κ1) is 26.7. The summed E-state index contributed by atoms with van der Waals surface area (Å²) >= 11 is 1.83. The van der Waals surface area contributed by atoms with Gasteiger partial charge in [-0.25, -0.2) is 0 Å². The molecule has 0 atom stereocenters. The van der Waals surface area contributed by atoms with Crippen molar-refractivity contribution >= 4 is 36.1 Å². The molecular weight excluding hydrogens is 456 g/mol. The van der Waals surface area contributed by atoms with Gasteiger partial charge in [-0.2, -0.15) is 0 Å². The lowest BCUT2D eigenvalue weighted by Crippen LogP contribution is -2.55. The first-order valence-corrected chi connectivity index (χ1v) is 12.9. The smallest absolute Gasteiger partial charge is 0.253 e. The fourth-order valence-electron chi connectivity index (χ4n) is 4.11. The largest absolute Gasteiger partial charge is 0.358 e. The van der Waals surface area contributed by atoms with Gasteiger partial charge in [0.15, 0.2) is 0 Å². The van der Waals surface area contributed by atoms with Crippen LogP contribution in [0.15, 0.2) is 59.6 Å². The van der Waals surface area contributed by atoms with Crippen LogP contribution in [0.1, 0.15) is 39.9 Å². The van der Waals surface area contributed by atoms with E-state index >= 15 is 0 Å². The molecule has 2 aromatic rings. The van der Waals surface area contributed by atoms with E-state index in [0.717, 1.165) is 61.1 Å². The number of amides is 1. The van der Waals surface area contributed by atoms with Crippen LogP contribution in [0, 0.1) is 6.92 Å². The van der Waals surface area contributed by atoms with Gasteiger partial charge in [-0.1, -0.05) is 54.4 Å². The molecule has 0 unspecified atom stereocenters. The number of hydrogen-bond acceptors (Lipinski definition) is 5. The molecule has 186 valence electrons. The number of benzene rings is 2. The van der Waals surface area contributed by atoms with Crippen LogP contribution in [-0.4, -0.2) is 72.8 Å². The van der Waals surface area contributed by atoms with Crippen molar-refractivity contribution in [2.24, 2.45) is 4.99 Å². The number of amidine groups is 1. The summed E-state index contributed by atoms with van der Waals surface area (Å²) < 4.78 is 2.35. The molecular formula is C28H36N4O2S. The van der Waals surface area contributed by atoms with Gasteiger partial charge in [-0.05, 0) is 61.1 Å². The Morgan fingerprint density at radius 2 is 1.89 bits per heavy atom. The van der Waals surface area contributed by atoms with E-state index in [0.29, 0.717) is 5.84 Å². The maximum absolute atomic E-state index is 12.2. The van der Waals surface area contributed by atoms with Gasteiger partial charge in [-0.15, -0.1) is 0 Å². The maximum atomic E-state index is 12.2. The first-order valence-electron chi connectivity index (χ1n) is 12.0. The molecule has 3 rings (SSSR count). The van der Waals surface area contributed by atoms with E-state index in [2.05, 4.69) is 27.6 Å². The zero-order chi connectivity index (χ0) is 25.3. The number of hydrogen-bond donors (Lipinski definition) is 1. The molecule has 2 aromatic carbocycles. The molecule has 0 aliphatic carbocycles. The molecule has 6 nitrogen and oxygen atoms in total. The standard InChI is InChI=1S/C28H36N4O2S/c1-22-20-25(27(34)31(3)4)12-11-24(22)14-19-35-32-17-15-28(21-33,16-18-32)30-26(29-2)13-10-23-8-6-5-7-9-23/h5-13,20-21H,14-19H2,1-4H3,(H,29,30)/b13-10+. The second-order valence-corrected chi connectivity index (χ2v) is 10.3. The van der Waals surface area contributed by atoms with Crippen molar-refractivity contribution in [3.63, 3.8) is 0 Å². The summed E-state index contributed by atoms with van der Waals surface area (Å²) in [7, 11) is 5.28. The number of aliphatic imine (C=N–C) groups is 1. The Hall–Kier alpha value is -2.90. The average molecular weight is 493 g/mol. The fourth-order valence-corrected chi connectivity index (χ4v) is 5.12. The summed E-state index contributed by atoms with van der Waals surface area (Å²) in [6, 6.07) is 16.0. The van der Waals surface area contributed by atoms with Gasteiger partial charge in [0.05, 0.1) is 5.54 Å². The van der Waals surface area contributed by atoms with Crippen LogP contribution in [0.2, 0.25) is 0 Å². The van der Waals surface area contributed by atoms with Gasteiger partial charge in [0, 0.05) is 45.5 Å². The van der Waals surface area contributed by atoms with Crippen LogP contribution in [0.5, 0.6) is 0 Å². The number of rotatable bonds is 9. The molecule has 7 heteroatoms. The summed E-state index contributed by atoms with van der Waals surface area (Å²) in [5.74, 6) is 1.71. The van der Waals surface area contributed by atoms with Crippen LogP contribution in [0.3, 0.4) is 0 Å². The second kappa shape index (κ2) is 12.7. The molecule has 0 saturated carbocycles. The van der Waals surface area contributed by atoms with Crippen LogP contribution >= 0.6 is 11.9 Å². The van der Waals surface area contributed by atoms with E-state index < -0.39 is 5.54 Å². The second-order valence-electron chi connectivity index (χ2n) is 9.10. The Kier molecular flexibility index (Phi) is 9.69. The van der Waals surface area contributed by atoms with Crippen LogP contribution in [0.25, 0.3) is 6.08 Å². The Morgan fingerprint density at radius 1 is 1.17 bits per heavy atom. The maximum Gasteiger partial charge on any atom is 0.253 e. The molecule has 1 fully saturated rings. The Morgan fingerprint density at radius 3 is 2.49 bits per heavy atom. The Labute approximate surface area is 213 Å². The van der Waals surface area contributed by atoms with E-state index in [1.165, 1.54) is 5.56 Å². The van der Waals surface area contributed by atoms with Crippen molar-refractivity contribution in [3.05, 3.63) is 76.9 Å². The molecule has 0 aromatic heterocycles. The number of nitrogens with one attached hydrogen (secondary N) is 1. The summed E-state index contributed by atoms with van der Waals surface area (Å²) in [4.78, 5) is 30.2. The van der Waals surface area contributed by atoms with Gasteiger partial charge in [0.25, 0.3) is 5.91 Å². The minimum Gasteiger partial charge on any atom is -0.358 e. The highest BCUT2D eigenvalue weighted by molar-refractivity contribution is 7.97. The third-order valence-corrected chi connectivity index (χ3v) is 7.45. The van der Waals surface area contributed by atoms with Crippen molar-refractivity contribution in [1.82, 2.24) is 14.5 Å². The highest BCUT2D eigenvalue weighted by Crippen LogP contribution is 2.26. The normalized spacial score (nSPS) is 16.3. The molecule has 1 saturated heterocycles. The topological polar surface area (TPSA) is 65.0 Å². The van der Waals surface area contributed by atoms with Crippen LogP contribution in [0.4, 0.5) is 0 Å². The molecule has 0 spiro atoms. The third-order valence-electron chi connectivity index (χ3n) is 6.33. The zero-order valence-corrected chi connectivity index (χ0v) is 22.0. The quantitative estimate of drug-likeness (QED) is 0.245. The van der Waals surface area contributed by atoms with Gasteiger partial charge >= 0.3 is 0 Å². The van der Waals surface area contributed by atoms with E-state index in [4.69, 9.17) is 0 Å². The lowest BCUT2D eigenvalue weighted by atomic mass is 9.90. The molecule has 0 radical (unpaired) electrons. The Balaban J connectivity index is 1.49. The fraction of sp³-hybridized carbons (Fsp3) is 0.393. The molecule has 35 heavy (non-hydrogen) atoms. The Bertz CT molecular complexity index is 1060. The van der Waals surface area contributed by atoms with Gasteiger partial charge in [0.2, 0.25) is 0 Å². The number of piperidine rings is 1. The number of carbonyl (C=O) groups excluding carboxylic acids is 2. The highest BCUT2D eigenvalue weighted by Gasteiger charge is 2.35. The van der Waals surface area contributed by atoms with Crippen molar-refractivity contribution in [2.75, 3.05) is 40.0 Å². The number of carbonyl (C=O) groups is 2. The van der Waals surface area contributed by atoms with E-state index in [-0.39, 0.29) is 5.91 Å². The zero-order valence-electron chi connectivity index (χ0n) is 21.2. The van der Waals surface area contributed by atoms with Crippen molar-refractivity contribution in [2.45, 2.75) is 31.7 Å². The molecule has 1 aliphatic heterocycles. The van der Waals surface area contributed by atoms with Crippen molar-refractivity contribution < 1.29 is 9.59 Å². The van der Waals surface area contributed by atoms with Crippen LogP contribution < -0.4 is 5.32 Å². The summed E-state index contributed by atoms with van der Waals surface area (Å²) in [5.41, 5.74) is 3.65. The predicted molar refractivity (Wildman–Crippen MR) is 147 cm³/mol. The molecule has 1 N–H and O–H groups in total. The minimum absolute atomic E-state index is 0.0291. The SMILES string of the molecule is CN=C(/C=C/c1ccccc1)NC1(C=O)CCN(SCCc2ccc(C(=O)N(C)C)cc2C)CC1. The molecule has 1 heterocycles. The molecule has 1 amide bonds. The predicted octanol–water partition coefficient (Wildman–Crippen LogP) is 4.25. The van der Waals surface area contributed by atoms with Crippen molar-refractivity contribution in [1.29, 1.82) is 0 Å². The highest BCUT2D eigenvalue weighted by atomic mass is 32.2. The molecule has 0 bridgehead atoms. The van der Waals surface area contributed by atoms with E-state index in [9.17, 15) is 9.59 Å². The third kappa shape index (κ3) is 7.54. The number of aryl methyl sites for hydroxylation is 2. The molecule has 1 aliphatic rings. The summed E-state index contributed by atoms with van der Waals surface area (Å²) in [5, 5.41) is 3.40. The van der Waals surface area contributed by atoms with Gasteiger partial charge in [0.1, 0.15) is 12.1 Å². The van der Waals surface area contributed by atoms with Gasteiger partial charge < -0.3 is 15.0 Å². The lowest BCUT2D eigenvalue weighted by molar-refractivity contribution is -0.114. The van der Waals surface area contributed by atoms with Crippen molar-refractivity contribution in [3.8, 4) is 0 Å². The first-order chi connectivity index (χ1) is 16.9. The lowest BCUT2D eigenvalue weighted by Gasteiger charge is -2.38. The number of nitrogens with zero attached hydrogens (tertiary/aromatic N) is 3. The number of aldehydes is 1. The van der Waals surface area contributed by atoms with Crippen LogP contribution in [-0.2, 0) is 11.2 Å². The minimum atomic E-state index is -0.585.